The standard InChI is InChI=1S/C15H29N3O2.ClH/c1-5-11(2)15(20)18-8-6-7-13(10-18)14(19)17-9-12(3)16-4;/h11-13,16H,5-10H2,1-4H3,(H,17,19);1H. The summed E-state index contributed by atoms with van der Waals surface area (Å²) in [7, 11) is 1.88. The third-order valence-corrected chi connectivity index (χ3v) is 4.21. The molecule has 0 saturated carbocycles. The van der Waals surface area contributed by atoms with Crippen molar-refractivity contribution in [2.45, 2.75) is 46.1 Å². The SMILES string of the molecule is CCC(C)C(=O)N1CCCC(C(=O)NCC(C)NC)C1.Cl. The lowest BCUT2D eigenvalue weighted by atomic mass is 9.95. The molecular weight excluding hydrogens is 290 g/mol. The first-order valence-electron chi connectivity index (χ1n) is 7.73. The highest BCUT2D eigenvalue weighted by atomic mass is 35.5. The summed E-state index contributed by atoms with van der Waals surface area (Å²) in [6.07, 6.45) is 2.65. The number of halogens is 1. The van der Waals surface area contributed by atoms with E-state index in [9.17, 15) is 9.59 Å². The lowest BCUT2D eigenvalue weighted by molar-refractivity contribution is -0.138. The molecule has 3 unspecified atom stereocenters. The van der Waals surface area contributed by atoms with Crippen molar-refractivity contribution in [3.8, 4) is 0 Å². The number of amides is 2. The Kier molecular flexibility index (Phi) is 9.62. The molecule has 1 aliphatic rings. The number of nitrogens with zero attached hydrogens (tertiary/aromatic N) is 1. The number of carbonyl (C=O) groups is 2. The van der Waals surface area contributed by atoms with Gasteiger partial charge in [-0.1, -0.05) is 13.8 Å². The lowest BCUT2D eigenvalue weighted by Crippen LogP contribution is -2.48. The van der Waals surface area contributed by atoms with Crippen LogP contribution in [0.25, 0.3) is 0 Å². The van der Waals surface area contributed by atoms with E-state index in [2.05, 4.69) is 10.6 Å². The molecule has 124 valence electrons. The van der Waals surface area contributed by atoms with Gasteiger partial charge in [0.25, 0.3) is 0 Å². The van der Waals surface area contributed by atoms with E-state index in [0.29, 0.717) is 13.1 Å². The zero-order valence-corrected chi connectivity index (χ0v) is 14.5. The number of hydrogen-bond acceptors (Lipinski definition) is 3. The van der Waals surface area contributed by atoms with Gasteiger partial charge >= 0.3 is 0 Å². The van der Waals surface area contributed by atoms with Crippen LogP contribution in [0.1, 0.15) is 40.0 Å². The van der Waals surface area contributed by atoms with Crippen molar-refractivity contribution < 1.29 is 9.59 Å². The molecule has 3 atom stereocenters. The maximum Gasteiger partial charge on any atom is 0.225 e. The topological polar surface area (TPSA) is 61.4 Å². The summed E-state index contributed by atoms with van der Waals surface area (Å²) in [6.45, 7) is 8.00. The third-order valence-electron chi connectivity index (χ3n) is 4.21. The first-order chi connectivity index (χ1) is 9.49. The van der Waals surface area contributed by atoms with Crippen LogP contribution in [-0.2, 0) is 9.59 Å². The molecule has 0 aromatic heterocycles. The summed E-state index contributed by atoms with van der Waals surface area (Å²) in [5.74, 6) is 0.268. The zero-order chi connectivity index (χ0) is 15.1. The zero-order valence-electron chi connectivity index (χ0n) is 13.6. The van der Waals surface area contributed by atoms with Crippen molar-refractivity contribution in [3.05, 3.63) is 0 Å². The van der Waals surface area contributed by atoms with Gasteiger partial charge in [-0.3, -0.25) is 9.59 Å². The van der Waals surface area contributed by atoms with Gasteiger partial charge in [-0.05, 0) is 33.2 Å². The number of nitrogens with one attached hydrogen (secondary N) is 2. The van der Waals surface area contributed by atoms with E-state index in [0.717, 1.165) is 25.8 Å². The average Bonchev–Trinajstić information content (AvgIpc) is 2.50. The Labute approximate surface area is 134 Å². The quantitative estimate of drug-likeness (QED) is 0.778. The van der Waals surface area contributed by atoms with Gasteiger partial charge in [-0.15, -0.1) is 12.4 Å². The molecule has 1 saturated heterocycles. The second kappa shape index (κ2) is 10.0. The van der Waals surface area contributed by atoms with Gasteiger partial charge in [0.05, 0.1) is 5.92 Å². The molecule has 6 heteroatoms. The lowest BCUT2D eigenvalue weighted by Gasteiger charge is -2.33. The second-order valence-corrected chi connectivity index (χ2v) is 5.87. The van der Waals surface area contributed by atoms with Gasteiger partial charge in [0.2, 0.25) is 11.8 Å². The van der Waals surface area contributed by atoms with E-state index >= 15 is 0 Å². The molecule has 1 rings (SSSR count). The monoisotopic (exact) mass is 319 g/mol. The minimum absolute atomic E-state index is 0. The molecule has 0 aromatic carbocycles. The summed E-state index contributed by atoms with van der Waals surface area (Å²) in [6, 6.07) is 0.264. The van der Waals surface area contributed by atoms with Crippen molar-refractivity contribution in [1.82, 2.24) is 15.5 Å². The number of piperidine rings is 1. The molecule has 0 aromatic rings. The van der Waals surface area contributed by atoms with Gasteiger partial charge in [-0.25, -0.2) is 0 Å². The van der Waals surface area contributed by atoms with Crippen LogP contribution < -0.4 is 10.6 Å². The van der Waals surface area contributed by atoms with Gasteiger partial charge in [-0.2, -0.15) is 0 Å². The normalized spacial score (nSPS) is 21.1. The van der Waals surface area contributed by atoms with Gasteiger partial charge < -0.3 is 15.5 Å². The summed E-state index contributed by atoms with van der Waals surface area (Å²) in [5.41, 5.74) is 0. The van der Waals surface area contributed by atoms with Crippen molar-refractivity contribution in [3.63, 3.8) is 0 Å². The number of likely N-dealkylation sites (tertiary alicyclic amines) is 1. The van der Waals surface area contributed by atoms with Crippen molar-refractivity contribution in [2.24, 2.45) is 11.8 Å². The number of hydrogen-bond donors (Lipinski definition) is 2. The molecule has 21 heavy (non-hydrogen) atoms. The smallest absolute Gasteiger partial charge is 0.225 e. The molecule has 2 amide bonds. The minimum Gasteiger partial charge on any atom is -0.354 e. The molecule has 1 fully saturated rings. The van der Waals surface area contributed by atoms with E-state index in [1.54, 1.807) is 0 Å². The molecule has 1 aliphatic heterocycles. The predicted octanol–water partition coefficient (Wildman–Crippen LogP) is 1.42. The fourth-order valence-corrected chi connectivity index (χ4v) is 2.38. The van der Waals surface area contributed by atoms with E-state index in [-0.39, 0.29) is 42.1 Å². The minimum atomic E-state index is -0.0548. The van der Waals surface area contributed by atoms with Crippen molar-refractivity contribution in [2.75, 3.05) is 26.7 Å². The summed E-state index contributed by atoms with van der Waals surface area (Å²) in [5, 5.41) is 6.06. The third kappa shape index (κ3) is 6.22. The Bertz CT molecular complexity index is 339. The molecular formula is C15H30ClN3O2. The van der Waals surface area contributed by atoms with E-state index in [4.69, 9.17) is 0 Å². The Morgan fingerprint density at radius 2 is 2.00 bits per heavy atom. The molecule has 5 nitrogen and oxygen atoms in total. The first kappa shape index (κ1) is 20.2. The Balaban J connectivity index is 0.00000400. The van der Waals surface area contributed by atoms with Gasteiger partial charge in [0.1, 0.15) is 0 Å². The molecule has 0 bridgehead atoms. The maximum absolute atomic E-state index is 12.2. The summed E-state index contributed by atoms with van der Waals surface area (Å²) < 4.78 is 0. The van der Waals surface area contributed by atoms with Crippen molar-refractivity contribution >= 4 is 24.2 Å². The van der Waals surface area contributed by atoms with Crippen LogP contribution in [0, 0.1) is 11.8 Å². The van der Waals surface area contributed by atoms with E-state index in [1.165, 1.54) is 0 Å². The van der Waals surface area contributed by atoms with Crippen molar-refractivity contribution in [1.29, 1.82) is 0 Å². The molecule has 1 heterocycles. The van der Waals surface area contributed by atoms with Crippen LogP contribution in [0.3, 0.4) is 0 Å². The molecule has 0 spiro atoms. The van der Waals surface area contributed by atoms with Crippen LogP contribution in [-0.4, -0.2) is 49.4 Å². The Morgan fingerprint density at radius 3 is 2.57 bits per heavy atom. The van der Waals surface area contributed by atoms with Crippen LogP contribution in [0.15, 0.2) is 0 Å². The average molecular weight is 320 g/mol. The fourth-order valence-electron chi connectivity index (χ4n) is 2.38. The van der Waals surface area contributed by atoms with Gasteiger partial charge in [0.15, 0.2) is 0 Å². The number of carbonyl (C=O) groups excluding carboxylic acids is 2. The highest BCUT2D eigenvalue weighted by molar-refractivity contribution is 5.85. The van der Waals surface area contributed by atoms with Crippen LogP contribution in [0.2, 0.25) is 0 Å². The molecule has 0 radical (unpaired) electrons. The van der Waals surface area contributed by atoms with Crippen LogP contribution in [0.4, 0.5) is 0 Å². The van der Waals surface area contributed by atoms with E-state index in [1.807, 2.05) is 32.7 Å². The van der Waals surface area contributed by atoms with Gasteiger partial charge in [0, 0.05) is 31.6 Å². The number of likely N-dealkylation sites (N-methyl/N-ethyl adjacent to an activating group) is 1. The highest BCUT2D eigenvalue weighted by Gasteiger charge is 2.29. The largest absolute Gasteiger partial charge is 0.354 e. The van der Waals surface area contributed by atoms with Crippen LogP contribution in [0.5, 0.6) is 0 Å². The van der Waals surface area contributed by atoms with E-state index < -0.39 is 0 Å². The highest BCUT2D eigenvalue weighted by Crippen LogP contribution is 2.19. The first-order valence-corrected chi connectivity index (χ1v) is 7.73. The number of rotatable bonds is 6. The predicted molar refractivity (Wildman–Crippen MR) is 87.5 cm³/mol. The maximum atomic E-state index is 12.2. The Morgan fingerprint density at radius 1 is 1.33 bits per heavy atom. The Hall–Kier alpha value is -0.810. The van der Waals surface area contributed by atoms with Crippen LogP contribution >= 0.6 is 12.4 Å². The second-order valence-electron chi connectivity index (χ2n) is 5.87. The molecule has 0 aliphatic carbocycles. The fraction of sp³-hybridized carbons (Fsp3) is 0.867. The summed E-state index contributed by atoms with van der Waals surface area (Å²) >= 11 is 0. The molecule has 2 N–H and O–H groups in total. The summed E-state index contributed by atoms with van der Waals surface area (Å²) in [4.78, 5) is 26.2.